The molecule has 1 amide bonds. The van der Waals surface area contributed by atoms with Gasteiger partial charge in [0, 0.05) is 7.11 Å². The summed E-state index contributed by atoms with van der Waals surface area (Å²) in [6, 6.07) is 10.5. The highest BCUT2D eigenvalue weighted by atomic mass is 32.2. The van der Waals surface area contributed by atoms with Crippen LogP contribution in [0.25, 0.3) is 0 Å². The van der Waals surface area contributed by atoms with Gasteiger partial charge in [-0.25, -0.2) is 13.9 Å². The van der Waals surface area contributed by atoms with Gasteiger partial charge >= 0.3 is 0 Å². The van der Waals surface area contributed by atoms with E-state index in [0.717, 1.165) is 0 Å². The van der Waals surface area contributed by atoms with E-state index < -0.39 is 22.0 Å². The van der Waals surface area contributed by atoms with Crippen molar-refractivity contribution in [2.75, 3.05) is 40.1 Å². The van der Waals surface area contributed by atoms with E-state index in [1.54, 1.807) is 26.2 Å². The molecule has 2 rings (SSSR count). The third-order valence-electron chi connectivity index (χ3n) is 4.41. The van der Waals surface area contributed by atoms with E-state index in [1.807, 2.05) is 0 Å². The van der Waals surface area contributed by atoms with Gasteiger partial charge in [-0.05, 0) is 48.9 Å². The summed E-state index contributed by atoms with van der Waals surface area (Å²) in [5.41, 5.74) is 1.79. The topological polar surface area (TPSA) is 132 Å². The lowest BCUT2D eigenvalue weighted by atomic mass is 10.1. The van der Waals surface area contributed by atoms with Gasteiger partial charge in [0.05, 0.1) is 24.7 Å². The fraction of sp³-hybridized carbons (Fsp3) is 0.348. The predicted molar refractivity (Wildman–Crippen MR) is 123 cm³/mol. The first kappa shape index (κ1) is 27.1. The number of carbonyl (C=O) groups is 1. The largest absolute Gasteiger partial charge is 0.491 e. The summed E-state index contributed by atoms with van der Waals surface area (Å²) in [4.78, 5) is 12.1. The van der Waals surface area contributed by atoms with Crippen LogP contribution in [0.15, 0.2) is 53.4 Å². The zero-order chi connectivity index (χ0) is 24.8. The normalized spacial score (nSPS) is 11.7. The van der Waals surface area contributed by atoms with Crippen molar-refractivity contribution >= 4 is 15.9 Å². The molecule has 0 aliphatic rings. The number of sulfonamides is 1. The number of hydroxylamine groups is 1. The Kier molecular flexibility index (Phi) is 11.3. The standard InChI is InChI=1S/C23H28N2O8S/c1-3-4-13-32-20-9-11-21(12-10-20)34(28,29)25-22(23(26)24-27)18-5-7-19(8-6-18)33-17-16-31-15-14-30-2/h5-12,22,25,27H,13-17H2,1-2H3,(H,24,26). The maximum atomic E-state index is 12.8. The molecule has 0 saturated heterocycles. The molecule has 184 valence electrons. The lowest BCUT2D eigenvalue weighted by Crippen LogP contribution is -2.39. The molecule has 0 aliphatic heterocycles. The third-order valence-corrected chi connectivity index (χ3v) is 5.85. The van der Waals surface area contributed by atoms with E-state index >= 15 is 0 Å². The molecule has 0 aliphatic carbocycles. The second kappa shape index (κ2) is 14.2. The Morgan fingerprint density at radius 1 is 0.971 bits per heavy atom. The van der Waals surface area contributed by atoms with Gasteiger partial charge in [-0.15, -0.1) is 5.92 Å². The van der Waals surface area contributed by atoms with Crippen molar-refractivity contribution in [3.05, 3.63) is 54.1 Å². The first-order valence-electron chi connectivity index (χ1n) is 10.3. The first-order chi connectivity index (χ1) is 16.4. The molecule has 0 aromatic heterocycles. The van der Waals surface area contributed by atoms with Crippen LogP contribution in [0.5, 0.6) is 11.5 Å². The fourth-order valence-electron chi connectivity index (χ4n) is 2.69. The van der Waals surface area contributed by atoms with Gasteiger partial charge in [-0.3, -0.25) is 10.0 Å². The minimum atomic E-state index is -4.10. The van der Waals surface area contributed by atoms with E-state index in [1.165, 1.54) is 41.9 Å². The van der Waals surface area contributed by atoms with Crippen LogP contribution in [-0.2, 0) is 24.3 Å². The van der Waals surface area contributed by atoms with E-state index in [4.69, 9.17) is 24.2 Å². The number of hydrogen-bond donors (Lipinski definition) is 3. The quantitative estimate of drug-likeness (QED) is 0.157. The average Bonchev–Trinajstić information content (AvgIpc) is 2.85. The van der Waals surface area contributed by atoms with Gasteiger partial charge in [-0.2, -0.15) is 4.72 Å². The average molecular weight is 493 g/mol. The number of hydrogen-bond acceptors (Lipinski definition) is 8. The van der Waals surface area contributed by atoms with Gasteiger partial charge in [0.2, 0.25) is 10.0 Å². The Hall–Kier alpha value is -3.14. The number of benzene rings is 2. The fourth-order valence-corrected chi connectivity index (χ4v) is 3.87. The van der Waals surface area contributed by atoms with Gasteiger partial charge in [0.1, 0.15) is 30.8 Å². The number of amides is 1. The molecule has 10 nitrogen and oxygen atoms in total. The Balaban J connectivity index is 2.06. The van der Waals surface area contributed by atoms with Crippen molar-refractivity contribution < 1.29 is 37.4 Å². The van der Waals surface area contributed by atoms with Crippen molar-refractivity contribution in [2.45, 2.75) is 17.9 Å². The molecule has 1 atom stereocenters. The molecule has 0 fully saturated rings. The monoisotopic (exact) mass is 492 g/mol. The molecule has 0 radical (unpaired) electrons. The number of carbonyl (C=O) groups excluding carboxylic acids is 1. The molecule has 2 aromatic rings. The molecule has 3 N–H and O–H groups in total. The first-order valence-corrected chi connectivity index (χ1v) is 11.8. The van der Waals surface area contributed by atoms with Crippen molar-refractivity contribution in [1.29, 1.82) is 0 Å². The highest BCUT2D eigenvalue weighted by Gasteiger charge is 2.27. The summed E-state index contributed by atoms with van der Waals surface area (Å²) in [5, 5.41) is 9.12. The van der Waals surface area contributed by atoms with E-state index in [9.17, 15) is 13.2 Å². The Morgan fingerprint density at radius 2 is 1.59 bits per heavy atom. The van der Waals surface area contributed by atoms with E-state index in [0.29, 0.717) is 43.5 Å². The van der Waals surface area contributed by atoms with Crippen molar-refractivity contribution in [3.8, 4) is 23.3 Å². The molecular weight excluding hydrogens is 464 g/mol. The van der Waals surface area contributed by atoms with Crippen LogP contribution >= 0.6 is 0 Å². The number of methoxy groups -OCH3 is 1. The minimum absolute atomic E-state index is 0.0782. The second-order valence-corrected chi connectivity index (χ2v) is 8.45. The summed E-state index contributed by atoms with van der Waals surface area (Å²) in [5.74, 6) is 5.45. The summed E-state index contributed by atoms with van der Waals surface area (Å²) in [7, 11) is -2.52. The molecule has 0 bridgehead atoms. The molecule has 11 heteroatoms. The van der Waals surface area contributed by atoms with E-state index in [2.05, 4.69) is 16.6 Å². The molecule has 0 heterocycles. The summed E-state index contributed by atoms with van der Waals surface area (Å²) in [6.45, 7) is 3.49. The lowest BCUT2D eigenvalue weighted by molar-refractivity contribution is -0.131. The second-order valence-electron chi connectivity index (χ2n) is 6.74. The Bertz CT molecular complexity index is 1060. The molecule has 0 spiro atoms. The van der Waals surface area contributed by atoms with Crippen LogP contribution in [0.2, 0.25) is 0 Å². The predicted octanol–water partition coefficient (Wildman–Crippen LogP) is 1.66. The van der Waals surface area contributed by atoms with Gasteiger partial charge in [-0.1, -0.05) is 18.1 Å². The highest BCUT2D eigenvalue weighted by molar-refractivity contribution is 7.89. The SMILES string of the molecule is CC#CCOc1ccc(S(=O)(=O)NC(C(=O)NO)c2ccc(OCCOCCOC)cc2)cc1. The molecule has 34 heavy (non-hydrogen) atoms. The number of ether oxygens (including phenoxy) is 4. The van der Waals surface area contributed by atoms with Crippen molar-refractivity contribution in [3.63, 3.8) is 0 Å². The van der Waals surface area contributed by atoms with Crippen molar-refractivity contribution in [2.24, 2.45) is 0 Å². The zero-order valence-corrected chi connectivity index (χ0v) is 19.8. The maximum absolute atomic E-state index is 12.8. The highest BCUT2D eigenvalue weighted by Crippen LogP contribution is 2.22. The summed E-state index contributed by atoms with van der Waals surface area (Å²) in [6.07, 6.45) is 0. The van der Waals surface area contributed by atoms with Gasteiger partial charge in [0.25, 0.3) is 5.91 Å². The minimum Gasteiger partial charge on any atom is -0.491 e. The van der Waals surface area contributed by atoms with Crippen LogP contribution < -0.4 is 19.7 Å². The smallest absolute Gasteiger partial charge is 0.266 e. The van der Waals surface area contributed by atoms with Gasteiger partial charge in [0.15, 0.2) is 0 Å². The Morgan fingerprint density at radius 3 is 2.21 bits per heavy atom. The number of nitrogens with one attached hydrogen (secondary N) is 2. The number of rotatable bonds is 14. The molecule has 2 aromatic carbocycles. The third kappa shape index (κ3) is 8.66. The maximum Gasteiger partial charge on any atom is 0.266 e. The summed E-state index contributed by atoms with van der Waals surface area (Å²) >= 11 is 0. The van der Waals surface area contributed by atoms with Crippen LogP contribution in [0.1, 0.15) is 18.5 Å². The van der Waals surface area contributed by atoms with Crippen LogP contribution in [0.4, 0.5) is 0 Å². The molecular formula is C23H28N2O8S. The molecule has 1 unspecified atom stereocenters. The molecule has 0 saturated carbocycles. The van der Waals surface area contributed by atoms with E-state index in [-0.39, 0.29) is 11.5 Å². The van der Waals surface area contributed by atoms with Crippen LogP contribution in [0.3, 0.4) is 0 Å². The van der Waals surface area contributed by atoms with Crippen LogP contribution in [0, 0.1) is 11.8 Å². The Labute approximate surface area is 199 Å². The summed E-state index contributed by atoms with van der Waals surface area (Å²) < 4.78 is 49.1. The lowest BCUT2D eigenvalue weighted by Gasteiger charge is -2.18. The van der Waals surface area contributed by atoms with Crippen molar-refractivity contribution in [1.82, 2.24) is 10.2 Å². The zero-order valence-electron chi connectivity index (χ0n) is 18.9. The van der Waals surface area contributed by atoms with Crippen LogP contribution in [-0.4, -0.2) is 59.7 Å². The van der Waals surface area contributed by atoms with Gasteiger partial charge < -0.3 is 18.9 Å².